The Morgan fingerprint density at radius 2 is 2.00 bits per heavy atom. The third-order valence-electron chi connectivity index (χ3n) is 5.59. The zero-order chi connectivity index (χ0) is 18.2. The van der Waals surface area contributed by atoms with E-state index in [1.54, 1.807) is 6.92 Å². The molecule has 2 fully saturated rings. The first kappa shape index (κ1) is 17.2. The van der Waals surface area contributed by atoms with Crippen LogP contribution in [0.4, 0.5) is 0 Å². The molecule has 1 aromatic heterocycles. The molecule has 2 aromatic rings. The molecule has 1 aliphatic heterocycles. The number of aromatic nitrogens is 2. The molecule has 6 nitrogen and oxygen atoms in total. The summed E-state index contributed by atoms with van der Waals surface area (Å²) in [6, 6.07) is 10.2. The molecule has 0 radical (unpaired) electrons. The Labute approximate surface area is 153 Å². The normalized spacial score (nSPS) is 24.5. The summed E-state index contributed by atoms with van der Waals surface area (Å²) in [5, 5.41) is 14.8. The molecule has 2 aliphatic rings. The molecular weight excluding hydrogens is 330 g/mol. The fourth-order valence-corrected chi connectivity index (χ4v) is 4.06. The predicted molar refractivity (Wildman–Crippen MR) is 95.3 cm³/mol. The van der Waals surface area contributed by atoms with Gasteiger partial charge in [0.15, 0.2) is 5.82 Å². The molecule has 6 heteroatoms. The fraction of sp³-hybridized carbons (Fsp3) is 0.550. The van der Waals surface area contributed by atoms with Gasteiger partial charge in [-0.05, 0) is 44.6 Å². The summed E-state index contributed by atoms with van der Waals surface area (Å²) in [6.07, 6.45) is 4.37. The standard InChI is InChI=1S/C20H25N3O3/c1-15-21-17(26-22-15)13-20(25)8-5-11-23(14-20)18(24)19(9-10-19)12-16-6-3-2-4-7-16/h2-4,6-7,25H,5,8-14H2,1H3. The van der Waals surface area contributed by atoms with E-state index in [2.05, 4.69) is 22.3 Å². The first-order valence-electron chi connectivity index (χ1n) is 9.33. The number of nitrogens with zero attached hydrogens (tertiary/aromatic N) is 3. The van der Waals surface area contributed by atoms with Gasteiger partial charge in [-0.15, -0.1) is 0 Å². The second-order valence-electron chi connectivity index (χ2n) is 7.91. The van der Waals surface area contributed by atoms with E-state index in [1.807, 2.05) is 23.1 Å². The summed E-state index contributed by atoms with van der Waals surface area (Å²) in [5.74, 6) is 1.18. The van der Waals surface area contributed by atoms with Gasteiger partial charge >= 0.3 is 0 Å². The van der Waals surface area contributed by atoms with Crippen LogP contribution in [0.3, 0.4) is 0 Å². The second kappa shape index (κ2) is 6.50. The zero-order valence-electron chi connectivity index (χ0n) is 15.1. The van der Waals surface area contributed by atoms with Crippen molar-refractivity contribution in [3.8, 4) is 0 Å². The van der Waals surface area contributed by atoms with Crippen molar-refractivity contribution in [2.45, 2.75) is 51.0 Å². The number of hydrogen-bond donors (Lipinski definition) is 1. The van der Waals surface area contributed by atoms with Crippen molar-refractivity contribution in [3.63, 3.8) is 0 Å². The summed E-state index contributed by atoms with van der Waals surface area (Å²) < 4.78 is 5.16. The van der Waals surface area contributed by atoms with Gasteiger partial charge in [0.05, 0.1) is 17.4 Å². The highest BCUT2D eigenvalue weighted by Gasteiger charge is 2.52. The molecule has 1 N–H and O–H groups in total. The maximum absolute atomic E-state index is 13.2. The first-order valence-corrected chi connectivity index (χ1v) is 9.33. The Bertz CT molecular complexity index is 785. The minimum Gasteiger partial charge on any atom is -0.388 e. The Hall–Kier alpha value is -2.21. The topological polar surface area (TPSA) is 79.5 Å². The molecule has 138 valence electrons. The lowest BCUT2D eigenvalue weighted by Crippen LogP contribution is -2.53. The highest BCUT2D eigenvalue weighted by atomic mass is 16.5. The van der Waals surface area contributed by atoms with Crippen LogP contribution >= 0.6 is 0 Å². The van der Waals surface area contributed by atoms with E-state index in [1.165, 1.54) is 5.56 Å². The number of aliphatic hydroxyl groups is 1. The molecule has 2 heterocycles. The molecule has 1 saturated heterocycles. The van der Waals surface area contributed by atoms with E-state index in [9.17, 15) is 9.90 Å². The number of rotatable bonds is 5. The number of β-amino-alcohol motifs (C(OH)–C–C–N with tert-alkyl or cyclic N) is 1. The molecule has 4 rings (SSSR count). The average Bonchev–Trinajstić information content (AvgIpc) is 3.29. The van der Waals surface area contributed by atoms with Crippen LogP contribution in [0.15, 0.2) is 34.9 Å². The van der Waals surface area contributed by atoms with E-state index < -0.39 is 5.60 Å². The number of likely N-dealkylation sites (tertiary alicyclic amines) is 1. The molecule has 1 aromatic carbocycles. The van der Waals surface area contributed by atoms with Crippen molar-refractivity contribution in [1.82, 2.24) is 15.0 Å². The minimum absolute atomic E-state index is 0.182. The van der Waals surface area contributed by atoms with Gasteiger partial charge in [0.1, 0.15) is 0 Å². The van der Waals surface area contributed by atoms with E-state index in [0.717, 1.165) is 25.7 Å². The molecule has 0 bridgehead atoms. The van der Waals surface area contributed by atoms with Crippen molar-refractivity contribution in [2.75, 3.05) is 13.1 Å². The fourth-order valence-electron chi connectivity index (χ4n) is 4.06. The molecule has 1 saturated carbocycles. The molecule has 0 spiro atoms. The maximum atomic E-state index is 13.2. The van der Waals surface area contributed by atoms with Gasteiger partial charge in [-0.2, -0.15) is 4.98 Å². The van der Waals surface area contributed by atoms with Crippen LogP contribution in [0.1, 0.15) is 43.0 Å². The van der Waals surface area contributed by atoms with E-state index in [4.69, 9.17) is 4.52 Å². The average molecular weight is 355 g/mol. The third-order valence-corrected chi connectivity index (χ3v) is 5.59. The maximum Gasteiger partial charge on any atom is 0.229 e. The lowest BCUT2D eigenvalue weighted by molar-refractivity contribution is -0.144. The van der Waals surface area contributed by atoms with Gasteiger partial charge in [0.2, 0.25) is 11.8 Å². The lowest BCUT2D eigenvalue weighted by atomic mass is 9.87. The summed E-state index contributed by atoms with van der Waals surface area (Å²) >= 11 is 0. The number of carbonyl (C=O) groups excluding carboxylic acids is 1. The molecule has 1 amide bonds. The summed E-state index contributed by atoms with van der Waals surface area (Å²) in [4.78, 5) is 19.2. The monoisotopic (exact) mass is 355 g/mol. The van der Waals surface area contributed by atoms with E-state index in [0.29, 0.717) is 37.6 Å². The lowest BCUT2D eigenvalue weighted by Gasteiger charge is -2.40. The SMILES string of the molecule is Cc1noc(CC2(O)CCCN(C(=O)C3(Cc4ccccc4)CC3)C2)n1. The molecule has 1 aliphatic carbocycles. The summed E-state index contributed by atoms with van der Waals surface area (Å²) in [6.45, 7) is 2.80. The van der Waals surface area contributed by atoms with Crippen LogP contribution < -0.4 is 0 Å². The summed E-state index contributed by atoms with van der Waals surface area (Å²) in [5.41, 5.74) is -0.0666. The van der Waals surface area contributed by atoms with Crippen molar-refractivity contribution in [3.05, 3.63) is 47.6 Å². The van der Waals surface area contributed by atoms with Crippen molar-refractivity contribution in [2.24, 2.45) is 5.41 Å². The first-order chi connectivity index (χ1) is 12.5. The summed E-state index contributed by atoms with van der Waals surface area (Å²) in [7, 11) is 0. The Morgan fingerprint density at radius 1 is 1.23 bits per heavy atom. The molecule has 26 heavy (non-hydrogen) atoms. The van der Waals surface area contributed by atoms with Crippen LogP contribution in [-0.4, -0.2) is 44.7 Å². The highest BCUT2D eigenvalue weighted by Crippen LogP contribution is 2.50. The van der Waals surface area contributed by atoms with Crippen LogP contribution in [0.5, 0.6) is 0 Å². The van der Waals surface area contributed by atoms with Crippen molar-refractivity contribution in [1.29, 1.82) is 0 Å². The zero-order valence-corrected chi connectivity index (χ0v) is 15.1. The van der Waals surface area contributed by atoms with E-state index in [-0.39, 0.29) is 11.3 Å². The van der Waals surface area contributed by atoms with Gasteiger partial charge in [-0.25, -0.2) is 0 Å². The number of piperidine rings is 1. The third kappa shape index (κ3) is 3.51. The van der Waals surface area contributed by atoms with Gasteiger partial charge in [0, 0.05) is 13.1 Å². The van der Waals surface area contributed by atoms with Gasteiger partial charge in [-0.3, -0.25) is 4.79 Å². The number of carbonyl (C=O) groups is 1. The number of benzene rings is 1. The molecule has 1 unspecified atom stereocenters. The quantitative estimate of drug-likeness (QED) is 0.890. The van der Waals surface area contributed by atoms with Gasteiger partial charge in [0.25, 0.3) is 0 Å². The molecular formula is C20H25N3O3. The van der Waals surface area contributed by atoms with Crippen molar-refractivity contribution >= 4 is 5.91 Å². The van der Waals surface area contributed by atoms with E-state index >= 15 is 0 Å². The Balaban J connectivity index is 1.44. The van der Waals surface area contributed by atoms with Gasteiger partial charge in [-0.1, -0.05) is 35.5 Å². The smallest absolute Gasteiger partial charge is 0.229 e. The van der Waals surface area contributed by atoms with Crippen LogP contribution in [0.25, 0.3) is 0 Å². The number of amides is 1. The Kier molecular flexibility index (Phi) is 4.31. The van der Waals surface area contributed by atoms with Crippen LogP contribution in [-0.2, 0) is 17.6 Å². The van der Waals surface area contributed by atoms with Crippen molar-refractivity contribution < 1.29 is 14.4 Å². The minimum atomic E-state index is -0.990. The van der Waals surface area contributed by atoms with Crippen LogP contribution in [0, 0.1) is 12.3 Å². The largest absolute Gasteiger partial charge is 0.388 e. The van der Waals surface area contributed by atoms with Gasteiger partial charge < -0.3 is 14.5 Å². The number of hydrogen-bond acceptors (Lipinski definition) is 5. The second-order valence-corrected chi connectivity index (χ2v) is 7.91. The highest BCUT2D eigenvalue weighted by molar-refractivity contribution is 5.86. The predicted octanol–water partition coefficient (Wildman–Crippen LogP) is 2.30. The number of aryl methyl sites for hydroxylation is 1. The Morgan fingerprint density at radius 3 is 2.65 bits per heavy atom. The van der Waals surface area contributed by atoms with Crippen LogP contribution in [0.2, 0.25) is 0 Å². The molecule has 1 atom stereocenters.